The number of nitrogens with two attached hydrogens (primary N) is 1. The number of hydrogen-bond donors (Lipinski definition) is 3. The minimum Gasteiger partial charge on any atom is -0.364 e. The summed E-state index contributed by atoms with van der Waals surface area (Å²) < 4.78 is 13.1. The molecule has 0 unspecified atom stereocenters. The smallest absolute Gasteiger partial charge is 0.282 e. The van der Waals surface area contributed by atoms with Crippen LogP contribution in [0.5, 0.6) is 0 Å². The molecule has 9 nitrogen and oxygen atoms in total. The number of hydrogen-bond acceptors (Lipinski definition) is 6. The third kappa shape index (κ3) is 6.40. The van der Waals surface area contributed by atoms with Crippen LogP contribution in [-0.4, -0.2) is 52.2 Å². The Bertz CT molecular complexity index is 1150. The number of nitrogens with zero attached hydrogens (tertiary/aromatic N) is 3. The van der Waals surface area contributed by atoms with Crippen molar-refractivity contribution in [1.82, 2.24) is 20.2 Å². The zero-order valence-corrected chi connectivity index (χ0v) is 20.2. The Kier molecular flexibility index (Phi) is 8.16. The van der Waals surface area contributed by atoms with Gasteiger partial charge in [0.2, 0.25) is 5.91 Å². The van der Waals surface area contributed by atoms with Gasteiger partial charge in [-0.25, -0.2) is 14.4 Å². The normalized spacial score (nSPS) is 13.6. The van der Waals surface area contributed by atoms with Crippen LogP contribution < -0.4 is 16.4 Å². The van der Waals surface area contributed by atoms with Crippen LogP contribution in [0.3, 0.4) is 0 Å². The van der Waals surface area contributed by atoms with Gasteiger partial charge < -0.3 is 21.3 Å². The molecule has 0 spiro atoms. The molecule has 1 aromatic heterocycles. The van der Waals surface area contributed by atoms with E-state index in [2.05, 4.69) is 22.2 Å². The Balaban J connectivity index is 1.66. The topological polar surface area (TPSA) is 130 Å². The monoisotopic (exact) mass is 482 g/mol. The maximum Gasteiger partial charge on any atom is 0.282 e. The summed E-state index contributed by atoms with van der Waals surface area (Å²) in [5.74, 6) is -2.39. The molecule has 186 valence electrons. The molecule has 1 aliphatic carbocycles. The number of primary amides is 1. The van der Waals surface area contributed by atoms with Gasteiger partial charge in [-0.1, -0.05) is 25.6 Å². The Morgan fingerprint density at radius 3 is 2.60 bits per heavy atom. The van der Waals surface area contributed by atoms with E-state index in [4.69, 9.17) is 10.7 Å². The molecule has 0 saturated heterocycles. The van der Waals surface area contributed by atoms with Gasteiger partial charge in [0.15, 0.2) is 17.3 Å². The summed E-state index contributed by atoms with van der Waals surface area (Å²) in [5.41, 5.74) is 9.01. The fourth-order valence-corrected chi connectivity index (χ4v) is 3.65. The second-order valence-electron chi connectivity index (χ2n) is 8.61. The summed E-state index contributed by atoms with van der Waals surface area (Å²) in [4.78, 5) is 46.2. The summed E-state index contributed by atoms with van der Waals surface area (Å²) in [7, 11) is 1.34. The average molecular weight is 483 g/mol. The molecule has 2 aromatic rings. The van der Waals surface area contributed by atoms with Gasteiger partial charge in [0.25, 0.3) is 11.8 Å². The highest BCUT2D eigenvalue weighted by Gasteiger charge is 2.30. The zero-order chi connectivity index (χ0) is 25.7. The fraction of sp³-hybridized carbons (Fsp3) is 0.400. The fourth-order valence-electron chi connectivity index (χ4n) is 3.65. The number of carbonyl (C=O) groups excluding carboxylic acids is 3. The highest BCUT2D eigenvalue weighted by atomic mass is 19.1. The van der Waals surface area contributed by atoms with Gasteiger partial charge in [-0.2, -0.15) is 0 Å². The number of likely N-dealkylation sites (N-methyl/N-ethyl adjacent to an activating group) is 1. The predicted octanol–water partition coefficient (Wildman–Crippen LogP) is 2.75. The lowest BCUT2D eigenvalue weighted by Crippen LogP contribution is -2.46. The Morgan fingerprint density at radius 1 is 1.29 bits per heavy atom. The molecule has 1 heterocycles. The maximum absolute atomic E-state index is 13.1. The molecule has 1 aliphatic rings. The molecule has 0 radical (unpaired) electrons. The zero-order valence-electron chi connectivity index (χ0n) is 20.2. The van der Waals surface area contributed by atoms with Crippen LogP contribution in [0.15, 0.2) is 36.7 Å². The number of aromatic nitrogens is 2. The lowest BCUT2D eigenvalue weighted by atomic mass is 10.1. The predicted molar refractivity (Wildman–Crippen MR) is 131 cm³/mol. The quantitative estimate of drug-likeness (QED) is 0.422. The van der Waals surface area contributed by atoms with Crippen LogP contribution in [0, 0.1) is 0 Å². The number of halogens is 1. The summed E-state index contributed by atoms with van der Waals surface area (Å²) >= 11 is 0. The molecule has 4 N–H and O–H groups in total. The number of anilines is 2. The summed E-state index contributed by atoms with van der Waals surface area (Å²) in [6.45, 7) is 6.77. The lowest BCUT2D eigenvalue weighted by molar-refractivity contribution is -0.136. The first-order chi connectivity index (χ1) is 16.6. The molecular formula is C25H31FN6O3. The average Bonchev–Trinajstić information content (AvgIpc) is 3.67. The third-order valence-corrected chi connectivity index (χ3v) is 5.95. The molecule has 35 heavy (non-hydrogen) atoms. The van der Waals surface area contributed by atoms with E-state index in [9.17, 15) is 18.8 Å². The number of aryl methyl sites for hydroxylation is 1. The van der Waals surface area contributed by atoms with Crippen molar-refractivity contribution in [1.29, 1.82) is 0 Å². The van der Waals surface area contributed by atoms with Gasteiger partial charge in [-0.3, -0.25) is 14.4 Å². The molecule has 1 atom stereocenters. The number of benzene rings is 1. The second kappa shape index (κ2) is 11.1. The van der Waals surface area contributed by atoms with Crippen LogP contribution in [-0.2, 0) is 22.4 Å². The first-order valence-electron chi connectivity index (χ1n) is 11.6. The summed E-state index contributed by atoms with van der Waals surface area (Å²) in [6, 6.07) is 6.63. The molecule has 1 aromatic carbocycles. The first-order valence-corrected chi connectivity index (χ1v) is 11.6. The van der Waals surface area contributed by atoms with E-state index < -0.39 is 29.6 Å². The number of nitrogens with one attached hydrogen (secondary N) is 2. The van der Waals surface area contributed by atoms with Crippen LogP contribution >= 0.6 is 0 Å². The molecule has 3 amide bonds. The van der Waals surface area contributed by atoms with Crippen molar-refractivity contribution in [2.45, 2.75) is 51.5 Å². The van der Waals surface area contributed by atoms with Crippen molar-refractivity contribution >= 4 is 29.2 Å². The van der Waals surface area contributed by atoms with Crippen LogP contribution in [0.1, 0.15) is 60.0 Å². The van der Waals surface area contributed by atoms with E-state index in [-0.39, 0.29) is 5.69 Å². The van der Waals surface area contributed by atoms with Crippen molar-refractivity contribution in [3.63, 3.8) is 0 Å². The Morgan fingerprint density at radius 2 is 2.00 bits per heavy atom. The van der Waals surface area contributed by atoms with Gasteiger partial charge in [0, 0.05) is 25.2 Å². The van der Waals surface area contributed by atoms with Crippen LogP contribution in [0.4, 0.5) is 15.9 Å². The van der Waals surface area contributed by atoms with Crippen molar-refractivity contribution in [3.8, 4) is 0 Å². The van der Waals surface area contributed by atoms with Crippen molar-refractivity contribution in [2.75, 3.05) is 18.9 Å². The van der Waals surface area contributed by atoms with E-state index in [1.54, 1.807) is 0 Å². The minimum absolute atomic E-state index is 0.104. The highest BCUT2D eigenvalue weighted by Crippen LogP contribution is 2.41. The van der Waals surface area contributed by atoms with Crippen molar-refractivity contribution in [3.05, 3.63) is 59.3 Å². The van der Waals surface area contributed by atoms with E-state index >= 15 is 0 Å². The molecule has 0 bridgehead atoms. The number of rotatable bonds is 11. The molecule has 0 aliphatic heterocycles. The largest absolute Gasteiger partial charge is 0.364 e. The van der Waals surface area contributed by atoms with Gasteiger partial charge in [0.1, 0.15) is 6.04 Å². The molecule has 10 heteroatoms. The lowest BCUT2D eigenvalue weighted by Gasteiger charge is -2.23. The molecule has 3 rings (SSSR count). The van der Waals surface area contributed by atoms with E-state index in [1.807, 2.05) is 31.2 Å². The summed E-state index contributed by atoms with van der Waals surface area (Å²) in [5, 5.41) is 5.92. The first kappa shape index (κ1) is 25.8. The van der Waals surface area contributed by atoms with Crippen molar-refractivity contribution < 1.29 is 18.8 Å². The van der Waals surface area contributed by atoms with Crippen LogP contribution in [0.2, 0.25) is 0 Å². The van der Waals surface area contributed by atoms with Gasteiger partial charge in [-0.05, 0) is 50.3 Å². The third-order valence-electron chi connectivity index (χ3n) is 5.95. The van der Waals surface area contributed by atoms with Gasteiger partial charge in [0.05, 0.1) is 11.4 Å². The second-order valence-corrected chi connectivity index (χ2v) is 8.61. The standard InChI is InChI=1S/C25H31FN6O3/c1-5-19-20(17-9-10-17)31-23(21(30-19)22(27)33)29-18-8-6-7-16(13-18)11-12-28-24(34)15(3)32(4)25(35)14(2)26/h6-8,13,15,17H,2,5,9-12H2,1,3-4H3,(H2,27,33)(H,28,34)(H,29,31)/t15-/m0/s1. The van der Waals surface area contributed by atoms with E-state index in [1.165, 1.54) is 14.0 Å². The van der Waals surface area contributed by atoms with Crippen LogP contribution in [0.25, 0.3) is 0 Å². The minimum atomic E-state index is -1.12. The van der Waals surface area contributed by atoms with E-state index in [0.717, 1.165) is 34.7 Å². The molecule has 1 saturated carbocycles. The maximum atomic E-state index is 13.1. The molecular weight excluding hydrogens is 451 g/mol. The molecule has 1 fully saturated rings. The number of carbonyl (C=O) groups is 3. The summed E-state index contributed by atoms with van der Waals surface area (Å²) in [6.07, 6.45) is 3.30. The van der Waals surface area contributed by atoms with E-state index in [0.29, 0.717) is 36.8 Å². The Labute approximate surface area is 204 Å². The van der Waals surface area contributed by atoms with Gasteiger partial charge >= 0.3 is 0 Å². The number of amides is 3. The van der Waals surface area contributed by atoms with Crippen molar-refractivity contribution in [2.24, 2.45) is 5.73 Å². The van der Waals surface area contributed by atoms with Gasteiger partial charge in [-0.15, -0.1) is 0 Å². The Hall–Kier alpha value is -3.82. The highest BCUT2D eigenvalue weighted by molar-refractivity contribution is 5.96. The SMILES string of the molecule is C=C(F)C(=O)N(C)[C@@H](C)C(=O)NCCc1cccc(Nc2nc(C3CC3)c(CC)nc2C(N)=O)c1.